The van der Waals surface area contributed by atoms with Gasteiger partial charge in [0.25, 0.3) is 0 Å². The quantitative estimate of drug-likeness (QED) is 0.683. The maximum atomic E-state index is 12.2. The first-order valence-corrected chi connectivity index (χ1v) is 7.85. The number of methoxy groups -OCH3 is 2. The van der Waals surface area contributed by atoms with E-state index >= 15 is 0 Å². The zero-order chi connectivity index (χ0) is 16.7. The van der Waals surface area contributed by atoms with Gasteiger partial charge < -0.3 is 14.2 Å². The van der Waals surface area contributed by atoms with E-state index in [1.807, 2.05) is 6.92 Å². The largest absolute Gasteiger partial charge is 0.492 e. The van der Waals surface area contributed by atoms with Crippen LogP contribution in [0.3, 0.4) is 0 Å². The molecular weight excluding hydrogens is 350 g/mol. The second kappa shape index (κ2) is 8.64. The molecule has 0 fully saturated rings. The standard InChI is InChI=1S/C16H20BrNO4/c1-5-7-10(16(19)22-6-2)11-8-13(17)15(21-4)14(20-3)12(11)9-18/h8,10H,5-7H2,1-4H3. The maximum absolute atomic E-state index is 12.2. The fourth-order valence-corrected chi connectivity index (χ4v) is 2.92. The third-order valence-corrected chi connectivity index (χ3v) is 3.85. The van der Waals surface area contributed by atoms with E-state index in [-0.39, 0.29) is 5.97 Å². The third-order valence-electron chi connectivity index (χ3n) is 3.27. The first kappa shape index (κ1) is 18.3. The Hall–Kier alpha value is -1.74. The molecule has 0 N–H and O–H groups in total. The molecule has 120 valence electrons. The van der Waals surface area contributed by atoms with Crippen molar-refractivity contribution in [1.29, 1.82) is 5.26 Å². The van der Waals surface area contributed by atoms with Crippen LogP contribution < -0.4 is 9.47 Å². The highest BCUT2D eigenvalue weighted by molar-refractivity contribution is 9.10. The molecule has 1 aromatic carbocycles. The molecule has 0 saturated heterocycles. The Morgan fingerprint density at radius 2 is 1.95 bits per heavy atom. The van der Waals surface area contributed by atoms with E-state index in [4.69, 9.17) is 14.2 Å². The average molecular weight is 370 g/mol. The number of halogens is 1. The maximum Gasteiger partial charge on any atom is 0.313 e. The third kappa shape index (κ3) is 3.72. The van der Waals surface area contributed by atoms with Gasteiger partial charge >= 0.3 is 5.97 Å². The minimum absolute atomic E-state index is 0.300. The molecule has 0 saturated carbocycles. The second-order valence-corrected chi connectivity index (χ2v) is 5.45. The Labute approximate surface area is 139 Å². The molecule has 1 aromatic rings. The van der Waals surface area contributed by atoms with Crippen molar-refractivity contribution in [1.82, 2.24) is 0 Å². The van der Waals surface area contributed by atoms with Gasteiger partial charge in [-0.2, -0.15) is 5.26 Å². The minimum Gasteiger partial charge on any atom is -0.492 e. The van der Waals surface area contributed by atoms with Gasteiger partial charge in [0.2, 0.25) is 0 Å². The molecule has 6 heteroatoms. The van der Waals surface area contributed by atoms with Gasteiger partial charge in [0.1, 0.15) is 11.6 Å². The number of hydrogen-bond acceptors (Lipinski definition) is 5. The van der Waals surface area contributed by atoms with Crippen LogP contribution in [0.1, 0.15) is 43.7 Å². The summed E-state index contributed by atoms with van der Waals surface area (Å²) >= 11 is 3.40. The van der Waals surface area contributed by atoms with Crippen LogP contribution in [0, 0.1) is 11.3 Å². The van der Waals surface area contributed by atoms with Crippen molar-refractivity contribution in [2.45, 2.75) is 32.6 Å². The molecule has 0 aliphatic carbocycles. The molecule has 0 amide bonds. The summed E-state index contributed by atoms with van der Waals surface area (Å²) in [5.74, 6) is -0.0858. The molecule has 5 nitrogen and oxygen atoms in total. The van der Waals surface area contributed by atoms with Gasteiger partial charge in [-0.15, -0.1) is 0 Å². The molecule has 0 aromatic heterocycles. The summed E-state index contributed by atoms with van der Waals surface area (Å²) in [7, 11) is 2.96. The van der Waals surface area contributed by atoms with E-state index < -0.39 is 5.92 Å². The first-order chi connectivity index (χ1) is 10.5. The number of benzene rings is 1. The zero-order valence-electron chi connectivity index (χ0n) is 13.2. The van der Waals surface area contributed by atoms with Gasteiger partial charge in [-0.3, -0.25) is 4.79 Å². The van der Waals surface area contributed by atoms with Crippen molar-refractivity contribution < 1.29 is 19.0 Å². The van der Waals surface area contributed by atoms with Gasteiger partial charge in [-0.25, -0.2) is 0 Å². The summed E-state index contributed by atoms with van der Waals surface area (Å²) in [6, 6.07) is 3.85. The molecular formula is C16H20BrNO4. The summed E-state index contributed by atoms with van der Waals surface area (Å²) in [6.07, 6.45) is 1.38. The normalized spacial score (nSPS) is 11.5. The van der Waals surface area contributed by atoms with Crippen molar-refractivity contribution in [3.05, 3.63) is 21.7 Å². The Bertz CT molecular complexity index is 580. The molecule has 1 atom stereocenters. The smallest absolute Gasteiger partial charge is 0.313 e. The van der Waals surface area contributed by atoms with Crippen LogP contribution in [0.25, 0.3) is 0 Å². The average Bonchev–Trinajstić information content (AvgIpc) is 2.51. The number of rotatable bonds is 7. The van der Waals surface area contributed by atoms with Gasteiger partial charge in [0, 0.05) is 0 Å². The van der Waals surface area contributed by atoms with Crippen molar-refractivity contribution in [3.63, 3.8) is 0 Å². The van der Waals surface area contributed by atoms with Gasteiger partial charge in [0.05, 0.1) is 31.2 Å². The zero-order valence-corrected chi connectivity index (χ0v) is 14.8. The van der Waals surface area contributed by atoms with Gasteiger partial charge in [-0.1, -0.05) is 13.3 Å². The predicted octanol–water partition coefficient (Wildman–Crippen LogP) is 3.78. The number of esters is 1. The van der Waals surface area contributed by atoms with E-state index in [0.717, 1.165) is 6.42 Å². The van der Waals surface area contributed by atoms with Crippen molar-refractivity contribution in [2.75, 3.05) is 20.8 Å². The summed E-state index contributed by atoms with van der Waals surface area (Å²) in [6.45, 7) is 4.04. The van der Waals surface area contributed by atoms with Crippen molar-refractivity contribution >= 4 is 21.9 Å². The number of nitrogens with zero attached hydrogens (tertiary/aromatic N) is 1. The van der Waals surface area contributed by atoms with Crippen LogP contribution in [-0.4, -0.2) is 26.8 Å². The monoisotopic (exact) mass is 369 g/mol. The lowest BCUT2D eigenvalue weighted by Gasteiger charge is -2.20. The summed E-state index contributed by atoms with van der Waals surface area (Å²) in [4.78, 5) is 12.2. The Morgan fingerprint density at radius 3 is 2.41 bits per heavy atom. The highest BCUT2D eigenvalue weighted by Crippen LogP contribution is 2.43. The van der Waals surface area contributed by atoms with E-state index in [9.17, 15) is 10.1 Å². The molecule has 22 heavy (non-hydrogen) atoms. The molecule has 0 aliphatic rings. The summed E-state index contributed by atoms with van der Waals surface area (Å²) in [5, 5.41) is 9.52. The molecule has 1 unspecified atom stereocenters. The second-order valence-electron chi connectivity index (χ2n) is 4.59. The Balaban J connectivity index is 3.52. The summed E-state index contributed by atoms with van der Waals surface area (Å²) < 4.78 is 16.4. The van der Waals surface area contributed by atoms with Crippen LogP contribution >= 0.6 is 15.9 Å². The Morgan fingerprint density at radius 1 is 1.32 bits per heavy atom. The van der Waals surface area contributed by atoms with E-state index in [1.54, 1.807) is 13.0 Å². The van der Waals surface area contributed by atoms with E-state index in [1.165, 1.54) is 14.2 Å². The number of nitriles is 1. The first-order valence-electron chi connectivity index (χ1n) is 7.06. The van der Waals surface area contributed by atoms with Gasteiger partial charge in [0.15, 0.2) is 11.5 Å². The predicted molar refractivity (Wildman–Crippen MR) is 86.2 cm³/mol. The van der Waals surface area contributed by atoms with Crippen molar-refractivity contribution in [2.24, 2.45) is 0 Å². The van der Waals surface area contributed by atoms with Crippen LogP contribution in [0.2, 0.25) is 0 Å². The fourth-order valence-electron chi connectivity index (χ4n) is 2.33. The lowest BCUT2D eigenvalue weighted by molar-refractivity contribution is -0.145. The molecule has 0 spiro atoms. The number of carbonyl (C=O) groups is 1. The number of ether oxygens (including phenoxy) is 3. The summed E-state index contributed by atoms with van der Waals surface area (Å²) in [5.41, 5.74) is 0.890. The highest BCUT2D eigenvalue weighted by atomic mass is 79.9. The topological polar surface area (TPSA) is 68.6 Å². The van der Waals surface area contributed by atoms with E-state index in [0.29, 0.717) is 40.1 Å². The molecule has 0 heterocycles. The lowest BCUT2D eigenvalue weighted by Crippen LogP contribution is -2.17. The SMILES string of the molecule is CCCC(C(=O)OCC)c1cc(Br)c(OC)c(OC)c1C#N. The van der Waals surface area contributed by atoms with Crippen LogP contribution in [-0.2, 0) is 9.53 Å². The fraction of sp³-hybridized carbons (Fsp3) is 0.500. The highest BCUT2D eigenvalue weighted by Gasteiger charge is 2.28. The molecule has 1 rings (SSSR count). The van der Waals surface area contributed by atoms with Crippen LogP contribution in [0.15, 0.2) is 10.5 Å². The molecule has 0 bridgehead atoms. The minimum atomic E-state index is -0.504. The van der Waals surface area contributed by atoms with E-state index in [2.05, 4.69) is 22.0 Å². The Kier molecular flexibility index (Phi) is 7.19. The lowest BCUT2D eigenvalue weighted by atomic mass is 9.90. The van der Waals surface area contributed by atoms with Crippen LogP contribution in [0.4, 0.5) is 0 Å². The molecule has 0 aliphatic heterocycles. The number of carbonyl (C=O) groups excluding carboxylic acids is 1. The number of hydrogen-bond donors (Lipinski definition) is 0. The van der Waals surface area contributed by atoms with Gasteiger partial charge in [-0.05, 0) is 40.9 Å². The van der Waals surface area contributed by atoms with Crippen LogP contribution in [0.5, 0.6) is 11.5 Å². The van der Waals surface area contributed by atoms with Crippen molar-refractivity contribution in [3.8, 4) is 17.6 Å². The molecule has 0 radical (unpaired) electrons.